The minimum absolute atomic E-state index is 0.116. The fourth-order valence-corrected chi connectivity index (χ4v) is 5.93. The second-order valence-corrected chi connectivity index (χ2v) is 12.8. The first-order valence-electron chi connectivity index (χ1n) is 16.6. The summed E-state index contributed by atoms with van der Waals surface area (Å²) >= 11 is 0. The summed E-state index contributed by atoms with van der Waals surface area (Å²) in [5.41, 5.74) is 0.800. The molecule has 3 heterocycles. The third kappa shape index (κ3) is 9.53. The van der Waals surface area contributed by atoms with Crippen molar-refractivity contribution in [2.24, 2.45) is 0 Å². The molecule has 0 spiro atoms. The molecule has 19 nitrogen and oxygen atoms in total. The Balaban J connectivity index is 1.48. The molecular weight excluding hydrogens is 712 g/mol. The first-order chi connectivity index (χ1) is 25.2. The van der Waals surface area contributed by atoms with E-state index in [0.717, 1.165) is 6.08 Å². The average Bonchev–Trinajstić information content (AvgIpc) is 3.13. The number of benzene rings is 2. The van der Waals surface area contributed by atoms with Gasteiger partial charge in [-0.15, -0.1) is 0 Å². The van der Waals surface area contributed by atoms with E-state index in [1.54, 1.807) is 0 Å². The van der Waals surface area contributed by atoms with Gasteiger partial charge in [0.15, 0.2) is 48.0 Å². The highest BCUT2D eigenvalue weighted by Gasteiger charge is 2.55. The number of rotatable bonds is 12. The fourth-order valence-electron chi connectivity index (χ4n) is 5.93. The van der Waals surface area contributed by atoms with Crippen LogP contribution in [-0.4, -0.2) is 168 Å². The number of phenolic OH excluding ortho intramolecular Hbond substituents is 4. The fraction of sp³-hybridized carbons (Fsp3) is 0.559. The van der Waals surface area contributed by atoms with Crippen LogP contribution in [0.3, 0.4) is 0 Å². The predicted octanol–water partition coefficient (Wildman–Crippen LogP) is -2.55. The highest BCUT2D eigenvalue weighted by atomic mass is 16.8. The van der Waals surface area contributed by atoms with E-state index in [1.165, 1.54) is 49.4 Å². The SMILES string of the molecule is CC1OC(OC2C(OC(=O)/C=C/c3ccc(O)c(O)c3)C(CO)OC(OCCc3ccc(O)c(O)c3)C2OC2OCC(O)C(O)C2O)C(O)C(O)C1O. The maximum atomic E-state index is 13.2. The van der Waals surface area contributed by atoms with E-state index < -0.39 is 117 Å². The lowest BCUT2D eigenvalue weighted by Gasteiger charge is -2.49. The number of aliphatic hydroxyl groups excluding tert-OH is 7. The lowest BCUT2D eigenvalue weighted by Crippen LogP contribution is -2.67. The van der Waals surface area contributed by atoms with Crippen LogP contribution in [0.1, 0.15) is 18.1 Å². The molecule has 3 aliphatic rings. The van der Waals surface area contributed by atoms with Crippen LogP contribution in [-0.2, 0) is 44.4 Å². The van der Waals surface area contributed by atoms with E-state index in [0.29, 0.717) is 5.56 Å². The van der Waals surface area contributed by atoms with E-state index in [9.17, 15) is 61.0 Å². The predicted molar refractivity (Wildman–Crippen MR) is 174 cm³/mol. The first-order valence-corrected chi connectivity index (χ1v) is 16.6. The molecule has 11 N–H and O–H groups in total. The van der Waals surface area contributed by atoms with Gasteiger partial charge < -0.3 is 89.3 Å². The van der Waals surface area contributed by atoms with Crippen LogP contribution in [0.25, 0.3) is 6.08 Å². The van der Waals surface area contributed by atoms with E-state index >= 15 is 0 Å². The molecule has 14 atom stereocenters. The Morgan fingerprint density at radius 1 is 0.755 bits per heavy atom. The number of ether oxygens (including phenoxy) is 7. The van der Waals surface area contributed by atoms with Gasteiger partial charge in [-0.25, -0.2) is 4.79 Å². The smallest absolute Gasteiger partial charge is 0.331 e. The Bertz CT molecular complexity index is 1560. The molecule has 0 saturated carbocycles. The van der Waals surface area contributed by atoms with Gasteiger partial charge in [-0.1, -0.05) is 12.1 Å². The summed E-state index contributed by atoms with van der Waals surface area (Å²) in [5, 5.41) is 112. The summed E-state index contributed by atoms with van der Waals surface area (Å²) < 4.78 is 40.9. The highest BCUT2D eigenvalue weighted by molar-refractivity contribution is 5.87. The van der Waals surface area contributed by atoms with Crippen LogP contribution in [0, 0.1) is 0 Å². The molecule has 19 heteroatoms. The summed E-state index contributed by atoms with van der Waals surface area (Å²) in [6.07, 6.45) is -20.4. The van der Waals surface area contributed by atoms with Crippen molar-refractivity contribution >= 4 is 12.0 Å². The number of hydrogen-bond donors (Lipinski definition) is 11. The molecule has 0 bridgehead atoms. The zero-order valence-corrected chi connectivity index (χ0v) is 28.2. The van der Waals surface area contributed by atoms with Gasteiger partial charge in [0.05, 0.1) is 25.9 Å². The van der Waals surface area contributed by atoms with Gasteiger partial charge in [-0.3, -0.25) is 0 Å². The summed E-state index contributed by atoms with van der Waals surface area (Å²) in [4.78, 5) is 13.2. The number of aromatic hydroxyl groups is 4. The molecule has 3 aliphatic heterocycles. The number of carbonyl (C=O) groups excluding carboxylic acids is 1. The third-order valence-electron chi connectivity index (χ3n) is 8.99. The molecule has 2 aromatic carbocycles. The van der Waals surface area contributed by atoms with Gasteiger partial charge in [0.25, 0.3) is 0 Å². The number of aliphatic hydroxyl groups is 7. The normalized spacial score (nSPS) is 36.4. The zero-order chi connectivity index (χ0) is 38.6. The van der Waals surface area contributed by atoms with Crippen LogP contribution in [0.15, 0.2) is 42.5 Å². The van der Waals surface area contributed by atoms with Crippen LogP contribution in [0.5, 0.6) is 23.0 Å². The van der Waals surface area contributed by atoms with Crippen molar-refractivity contribution in [2.75, 3.05) is 19.8 Å². The third-order valence-corrected chi connectivity index (χ3v) is 8.99. The number of esters is 1. The molecule has 0 radical (unpaired) electrons. The van der Waals surface area contributed by atoms with E-state index in [-0.39, 0.29) is 30.1 Å². The van der Waals surface area contributed by atoms with E-state index in [2.05, 4.69) is 0 Å². The second kappa shape index (κ2) is 17.6. The zero-order valence-electron chi connectivity index (χ0n) is 28.2. The summed E-state index contributed by atoms with van der Waals surface area (Å²) in [6, 6.07) is 7.81. The Morgan fingerprint density at radius 2 is 1.42 bits per heavy atom. The van der Waals surface area contributed by atoms with Gasteiger partial charge in [-0.05, 0) is 54.8 Å². The Hall–Kier alpha value is -3.67. The van der Waals surface area contributed by atoms with Crippen molar-refractivity contribution in [2.45, 2.75) is 99.4 Å². The molecule has 3 fully saturated rings. The van der Waals surface area contributed by atoms with Crippen LogP contribution >= 0.6 is 0 Å². The maximum Gasteiger partial charge on any atom is 0.331 e. The van der Waals surface area contributed by atoms with Gasteiger partial charge in [-0.2, -0.15) is 0 Å². The Morgan fingerprint density at radius 3 is 2.09 bits per heavy atom. The highest BCUT2D eigenvalue weighted by Crippen LogP contribution is 2.35. The number of carbonyl (C=O) groups is 1. The molecule has 14 unspecified atom stereocenters. The summed E-state index contributed by atoms with van der Waals surface area (Å²) in [7, 11) is 0. The minimum atomic E-state index is -1.88. The van der Waals surface area contributed by atoms with Crippen molar-refractivity contribution < 1.29 is 94.1 Å². The Labute approximate surface area is 302 Å². The van der Waals surface area contributed by atoms with Gasteiger partial charge in [0, 0.05) is 6.08 Å². The number of hydrogen-bond acceptors (Lipinski definition) is 19. The van der Waals surface area contributed by atoms with Crippen LogP contribution in [0.2, 0.25) is 0 Å². The van der Waals surface area contributed by atoms with Crippen molar-refractivity contribution in [3.8, 4) is 23.0 Å². The average molecular weight is 757 g/mol. The number of phenols is 4. The van der Waals surface area contributed by atoms with Crippen molar-refractivity contribution in [1.82, 2.24) is 0 Å². The summed E-state index contributed by atoms with van der Waals surface area (Å²) in [5.74, 6) is -2.64. The molecule has 0 aromatic heterocycles. The van der Waals surface area contributed by atoms with Gasteiger partial charge in [0.1, 0.15) is 54.9 Å². The molecule has 2 aromatic rings. The second-order valence-electron chi connectivity index (χ2n) is 12.8. The van der Waals surface area contributed by atoms with Crippen LogP contribution < -0.4 is 0 Å². The Kier molecular flexibility index (Phi) is 13.5. The lowest BCUT2D eigenvalue weighted by molar-refractivity contribution is -0.385. The lowest BCUT2D eigenvalue weighted by atomic mass is 9.96. The van der Waals surface area contributed by atoms with Gasteiger partial charge in [0.2, 0.25) is 0 Å². The van der Waals surface area contributed by atoms with Crippen molar-refractivity contribution in [3.63, 3.8) is 0 Å². The summed E-state index contributed by atoms with van der Waals surface area (Å²) in [6.45, 7) is -0.101. The minimum Gasteiger partial charge on any atom is -0.504 e. The largest absolute Gasteiger partial charge is 0.504 e. The van der Waals surface area contributed by atoms with Crippen LogP contribution in [0.4, 0.5) is 0 Å². The van der Waals surface area contributed by atoms with Crippen molar-refractivity contribution in [3.05, 3.63) is 53.6 Å². The molecule has 0 aliphatic carbocycles. The van der Waals surface area contributed by atoms with E-state index in [1.807, 2.05) is 0 Å². The standard InChI is InChI=1S/C34H44O19/c1-14-24(42)26(44)28(46)33(49-14)52-30-29(51-23(41)7-4-15-2-5-17(36)19(38)10-15)22(12-35)50-34(47-9-8-16-3-6-18(37)20(39)11-16)31(30)53-32-27(45)25(43)21(40)13-48-32/h2-7,10-11,14,21-22,24-40,42-46H,8-9,12-13H2,1H3/b7-4+. The molecular formula is C34H44O19. The van der Waals surface area contributed by atoms with Gasteiger partial charge >= 0.3 is 5.97 Å². The molecule has 53 heavy (non-hydrogen) atoms. The molecule has 5 rings (SSSR count). The van der Waals surface area contributed by atoms with E-state index in [4.69, 9.17) is 33.2 Å². The molecule has 0 amide bonds. The molecule has 294 valence electrons. The topological polar surface area (TPSA) is 304 Å². The monoisotopic (exact) mass is 756 g/mol. The first kappa shape index (κ1) is 40.5. The maximum absolute atomic E-state index is 13.2. The van der Waals surface area contributed by atoms with Crippen molar-refractivity contribution in [1.29, 1.82) is 0 Å². The quantitative estimate of drug-likeness (QED) is 0.0603. The molecule has 3 saturated heterocycles.